The lowest BCUT2D eigenvalue weighted by atomic mass is 10.2. The molecule has 14 heavy (non-hydrogen) atoms. The van der Waals surface area contributed by atoms with Crippen molar-refractivity contribution in [1.82, 2.24) is 10.3 Å². The van der Waals surface area contributed by atoms with Crippen LogP contribution < -0.4 is 16.5 Å². The zero-order chi connectivity index (χ0) is 10.6. The molecule has 0 fully saturated rings. The van der Waals surface area contributed by atoms with Gasteiger partial charge in [-0.25, -0.2) is 0 Å². The van der Waals surface area contributed by atoms with Crippen LogP contribution in [0.15, 0.2) is 23.3 Å². The van der Waals surface area contributed by atoms with Crippen LogP contribution in [0.5, 0.6) is 0 Å². The molecule has 1 aromatic rings. The van der Waals surface area contributed by atoms with Gasteiger partial charge in [0.05, 0.1) is 0 Å². The maximum atomic E-state index is 11.4. The van der Waals surface area contributed by atoms with Gasteiger partial charge >= 0.3 is 0 Å². The minimum atomic E-state index is -0.398. The number of amides is 1. The van der Waals surface area contributed by atoms with Gasteiger partial charge in [0.25, 0.3) is 5.91 Å². The first-order valence-corrected chi connectivity index (χ1v) is 4.33. The smallest absolute Gasteiger partial charge is 0.256 e. The van der Waals surface area contributed by atoms with Gasteiger partial charge in [-0.3, -0.25) is 9.59 Å². The zero-order valence-corrected chi connectivity index (χ0v) is 7.91. The number of H-pyrrole nitrogens is 1. The van der Waals surface area contributed by atoms with Gasteiger partial charge < -0.3 is 16.0 Å². The number of pyridine rings is 1. The van der Waals surface area contributed by atoms with Crippen LogP contribution in [-0.2, 0) is 0 Å². The van der Waals surface area contributed by atoms with Gasteiger partial charge in [-0.2, -0.15) is 0 Å². The number of aromatic amines is 1. The lowest BCUT2D eigenvalue weighted by molar-refractivity contribution is 0.0940. The van der Waals surface area contributed by atoms with E-state index in [0.29, 0.717) is 6.54 Å². The van der Waals surface area contributed by atoms with Crippen molar-refractivity contribution in [3.63, 3.8) is 0 Å². The zero-order valence-electron chi connectivity index (χ0n) is 7.91. The third-order valence-electron chi connectivity index (χ3n) is 1.80. The van der Waals surface area contributed by atoms with Crippen LogP contribution >= 0.6 is 0 Å². The molecule has 1 atom stereocenters. The van der Waals surface area contributed by atoms with Gasteiger partial charge in [0.2, 0.25) is 0 Å². The van der Waals surface area contributed by atoms with Gasteiger partial charge in [0.15, 0.2) is 5.43 Å². The summed E-state index contributed by atoms with van der Waals surface area (Å²) in [6.07, 6.45) is 2.85. The molecule has 0 radical (unpaired) electrons. The Hall–Kier alpha value is -1.62. The Balaban J connectivity index is 2.80. The van der Waals surface area contributed by atoms with E-state index in [0.717, 1.165) is 0 Å². The number of nitrogens with two attached hydrogens (primary N) is 1. The second kappa shape index (κ2) is 4.57. The molecule has 1 aromatic heterocycles. The van der Waals surface area contributed by atoms with Crippen molar-refractivity contribution in [2.24, 2.45) is 5.73 Å². The number of carbonyl (C=O) groups excluding carboxylic acids is 1. The summed E-state index contributed by atoms with van der Waals surface area (Å²) in [5, 5.41) is 2.60. The Morgan fingerprint density at radius 2 is 2.43 bits per heavy atom. The molecule has 5 heteroatoms. The molecule has 1 rings (SSSR count). The molecule has 0 spiro atoms. The maximum Gasteiger partial charge on any atom is 0.256 e. The third kappa shape index (κ3) is 2.43. The molecule has 5 nitrogen and oxygen atoms in total. The van der Waals surface area contributed by atoms with Crippen LogP contribution in [0, 0.1) is 0 Å². The monoisotopic (exact) mass is 195 g/mol. The van der Waals surface area contributed by atoms with Crippen molar-refractivity contribution in [1.29, 1.82) is 0 Å². The summed E-state index contributed by atoms with van der Waals surface area (Å²) >= 11 is 0. The topological polar surface area (TPSA) is 88.0 Å². The number of nitrogens with one attached hydrogen (secondary N) is 2. The molecule has 0 aliphatic heterocycles. The van der Waals surface area contributed by atoms with Crippen molar-refractivity contribution >= 4 is 5.91 Å². The lowest BCUT2D eigenvalue weighted by Gasteiger charge is -2.10. The molecule has 0 unspecified atom stereocenters. The fourth-order valence-corrected chi connectivity index (χ4v) is 0.954. The van der Waals surface area contributed by atoms with Crippen molar-refractivity contribution in [2.75, 3.05) is 6.54 Å². The van der Waals surface area contributed by atoms with E-state index in [2.05, 4.69) is 10.3 Å². The molecule has 0 aliphatic rings. The molecule has 4 N–H and O–H groups in total. The molecule has 0 bridgehead atoms. The predicted octanol–water partition coefficient (Wildman–Crippen LogP) is -0.548. The summed E-state index contributed by atoms with van der Waals surface area (Å²) in [4.78, 5) is 25.3. The van der Waals surface area contributed by atoms with Crippen molar-refractivity contribution in [2.45, 2.75) is 13.0 Å². The number of carbonyl (C=O) groups is 1. The van der Waals surface area contributed by atoms with E-state index in [1.54, 1.807) is 6.92 Å². The molecule has 0 saturated heterocycles. The van der Waals surface area contributed by atoms with Crippen LogP contribution in [0.2, 0.25) is 0 Å². The Bertz CT molecular complexity index is 372. The van der Waals surface area contributed by atoms with Crippen molar-refractivity contribution in [3.05, 3.63) is 34.2 Å². The maximum absolute atomic E-state index is 11.4. The highest BCUT2D eigenvalue weighted by Gasteiger charge is 2.10. The molecule has 76 valence electrons. The minimum absolute atomic E-state index is 0.104. The average molecular weight is 195 g/mol. The summed E-state index contributed by atoms with van der Waals surface area (Å²) in [6.45, 7) is 2.12. The first-order chi connectivity index (χ1) is 6.65. The van der Waals surface area contributed by atoms with Gasteiger partial charge in [0.1, 0.15) is 5.56 Å². The quantitative estimate of drug-likeness (QED) is 0.604. The highest BCUT2D eigenvalue weighted by atomic mass is 16.2. The van der Waals surface area contributed by atoms with Crippen LogP contribution in [0.4, 0.5) is 0 Å². The van der Waals surface area contributed by atoms with E-state index in [9.17, 15) is 9.59 Å². The second-order valence-corrected chi connectivity index (χ2v) is 3.03. The highest BCUT2D eigenvalue weighted by molar-refractivity contribution is 5.93. The second-order valence-electron chi connectivity index (χ2n) is 3.03. The normalized spacial score (nSPS) is 12.1. The Morgan fingerprint density at radius 3 is 3.00 bits per heavy atom. The predicted molar refractivity (Wildman–Crippen MR) is 53.0 cm³/mol. The summed E-state index contributed by atoms with van der Waals surface area (Å²) in [5.74, 6) is -0.398. The van der Waals surface area contributed by atoms with Gasteiger partial charge in [0, 0.05) is 31.0 Å². The van der Waals surface area contributed by atoms with E-state index in [1.165, 1.54) is 18.5 Å². The Kier molecular flexibility index (Phi) is 3.41. The summed E-state index contributed by atoms with van der Waals surface area (Å²) in [7, 11) is 0. The van der Waals surface area contributed by atoms with E-state index < -0.39 is 5.91 Å². The number of hydrogen-bond donors (Lipinski definition) is 3. The van der Waals surface area contributed by atoms with Gasteiger partial charge in [-0.05, 0) is 6.92 Å². The average Bonchev–Trinajstić information content (AvgIpc) is 2.18. The summed E-state index contributed by atoms with van der Waals surface area (Å²) in [5.41, 5.74) is 5.14. The molecule has 0 saturated carbocycles. The fourth-order valence-electron chi connectivity index (χ4n) is 0.954. The van der Waals surface area contributed by atoms with Crippen molar-refractivity contribution < 1.29 is 4.79 Å². The van der Waals surface area contributed by atoms with Gasteiger partial charge in [-0.1, -0.05) is 0 Å². The first kappa shape index (κ1) is 10.5. The molecule has 1 heterocycles. The molecular formula is C9H13N3O2. The molecule has 0 aliphatic carbocycles. The minimum Gasteiger partial charge on any atom is -0.367 e. The van der Waals surface area contributed by atoms with Crippen LogP contribution in [0.25, 0.3) is 0 Å². The number of aromatic nitrogens is 1. The van der Waals surface area contributed by atoms with Crippen LogP contribution in [-0.4, -0.2) is 23.5 Å². The molecule has 0 aromatic carbocycles. The summed E-state index contributed by atoms with van der Waals surface area (Å²) < 4.78 is 0. The summed E-state index contributed by atoms with van der Waals surface area (Å²) in [6, 6.07) is 1.17. The van der Waals surface area contributed by atoms with E-state index in [4.69, 9.17) is 5.73 Å². The van der Waals surface area contributed by atoms with E-state index in [-0.39, 0.29) is 17.0 Å². The third-order valence-corrected chi connectivity index (χ3v) is 1.80. The van der Waals surface area contributed by atoms with Crippen LogP contribution in [0.3, 0.4) is 0 Å². The van der Waals surface area contributed by atoms with Crippen molar-refractivity contribution in [3.8, 4) is 0 Å². The number of hydrogen-bond acceptors (Lipinski definition) is 3. The molecule has 1 amide bonds. The van der Waals surface area contributed by atoms with E-state index >= 15 is 0 Å². The Morgan fingerprint density at radius 1 is 1.71 bits per heavy atom. The fraction of sp³-hybridized carbons (Fsp3) is 0.333. The first-order valence-electron chi connectivity index (χ1n) is 4.33. The standard InChI is InChI=1S/C9H13N3O2/c1-6(4-10)12-9(14)7-5-11-3-2-8(7)13/h2-3,5-6H,4,10H2,1H3,(H,11,13)(H,12,14)/t6-/m1/s1. The lowest BCUT2D eigenvalue weighted by Crippen LogP contribution is -2.39. The molecular weight excluding hydrogens is 182 g/mol. The van der Waals surface area contributed by atoms with Gasteiger partial charge in [-0.15, -0.1) is 0 Å². The number of rotatable bonds is 3. The van der Waals surface area contributed by atoms with Crippen LogP contribution in [0.1, 0.15) is 17.3 Å². The Labute approximate surface area is 81.3 Å². The van der Waals surface area contributed by atoms with E-state index in [1.807, 2.05) is 0 Å². The highest BCUT2D eigenvalue weighted by Crippen LogP contribution is 1.89. The SMILES string of the molecule is C[C@H](CN)NC(=O)c1c[nH]ccc1=O. The largest absolute Gasteiger partial charge is 0.367 e.